The average Bonchev–Trinajstić information content (AvgIpc) is 3.38. The van der Waals surface area contributed by atoms with Gasteiger partial charge in [-0.2, -0.15) is 0 Å². The molecule has 1 saturated heterocycles. The van der Waals surface area contributed by atoms with Crippen molar-refractivity contribution in [2.24, 2.45) is 5.92 Å². The summed E-state index contributed by atoms with van der Waals surface area (Å²) in [6.45, 7) is 3.34. The lowest BCUT2D eigenvalue weighted by Gasteiger charge is -2.27. The first-order valence-corrected chi connectivity index (χ1v) is 14.0. The molecule has 5 N–H and O–H groups in total. The molecule has 4 aromatic rings. The Bertz CT molecular complexity index is 1490. The number of aromatic amines is 1. The molecule has 0 bridgehead atoms. The molecule has 1 aromatic heterocycles. The molecule has 2 heterocycles. The van der Waals surface area contributed by atoms with Gasteiger partial charge in [0.1, 0.15) is 6.04 Å². The fraction of sp³-hybridized carbons (Fsp3) is 0.344. The molecule has 8 nitrogen and oxygen atoms in total. The predicted molar refractivity (Wildman–Crippen MR) is 158 cm³/mol. The van der Waals surface area contributed by atoms with E-state index in [9.17, 15) is 14.4 Å². The minimum atomic E-state index is -0.744. The number of piperidine rings is 1. The van der Waals surface area contributed by atoms with Gasteiger partial charge >= 0.3 is 0 Å². The molecule has 2 atom stereocenters. The van der Waals surface area contributed by atoms with Crippen molar-refractivity contribution in [3.63, 3.8) is 0 Å². The number of carbonyl (C=O) groups is 3. The fourth-order valence-corrected chi connectivity index (χ4v) is 5.49. The second-order valence-electron chi connectivity index (χ2n) is 10.7. The molecule has 0 radical (unpaired) electrons. The van der Waals surface area contributed by atoms with Gasteiger partial charge in [0.25, 0.3) is 0 Å². The van der Waals surface area contributed by atoms with Gasteiger partial charge in [0.2, 0.25) is 17.7 Å². The van der Waals surface area contributed by atoms with Crippen LogP contribution in [0.15, 0.2) is 72.9 Å². The number of hydrogen-bond donors (Lipinski definition) is 5. The summed E-state index contributed by atoms with van der Waals surface area (Å²) < 4.78 is 0. The number of aromatic nitrogens is 1. The Morgan fingerprint density at radius 2 is 1.65 bits per heavy atom. The van der Waals surface area contributed by atoms with E-state index in [1.807, 2.05) is 60.8 Å². The van der Waals surface area contributed by atoms with Crippen LogP contribution in [-0.2, 0) is 27.2 Å². The van der Waals surface area contributed by atoms with Crippen LogP contribution in [0.25, 0.3) is 21.7 Å². The van der Waals surface area contributed by atoms with Crippen molar-refractivity contribution < 1.29 is 14.4 Å². The SMILES string of the molecule is CC(=O)NC[C@@H](Cc1c[nH]c2ccccc12)NC(=O)[C@@H](Cc1ccc2ccccc2c1)NC(=O)C1CCNCC1. The number of carbonyl (C=O) groups excluding carboxylic acids is 3. The lowest BCUT2D eigenvalue weighted by atomic mass is 9.95. The first-order chi connectivity index (χ1) is 19.5. The highest BCUT2D eigenvalue weighted by atomic mass is 16.2. The number of rotatable bonds is 10. The van der Waals surface area contributed by atoms with Gasteiger partial charge in [0.15, 0.2) is 0 Å². The minimum Gasteiger partial charge on any atom is -0.361 e. The van der Waals surface area contributed by atoms with Gasteiger partial charge in [-0.1, -0.05) is 60.7 Å². The van der Waals surface area contributed by atoms with Crippen LogP contribution in [0, 0.1) is 5.92 Å². The highest BCUT2D eigenvalue weighted by Gasteiger charge is 2.28. The zero-order valence-electron chi connectivity index (χ0n) is 22.8. The fourth-order valence-electron chi connectivity index (χ4n) is 5.49. The van der Waals surface area contributed by atoms with Crippen molar-refractivity contribution in [2.75, 3.05) is 19.6 Å². The van der Waals surface area contributed by atoms with Gasteiger partial charge in [-0.05, 0) is 60.3 Å². The molecular weight excluding hydrogens is 502 g/mol. The second kappa shape index (κ2) is 12.8. The lowest BCUT2D eigenvalue weighted by molar-refractivity contribution is -0.132. The van der Waals surface area contributed by atoms with E-state index in [-0.39, 0.29) is 36.2 Å². The zero-order chi connectivity index (χ0) is 27.9. The van der Waals surface area contributed by atoms with Gasteiger partial charge in [0, 0.05) is 42.9 Å². The predicted octanol–water partition coefficient (Wildman–Crippen LogP) is 3.21. The van der Waals surface area contributed by atoms with Crippen molar-refractivity contribution in [1.29, 1.82) is 0 Å². The largest absolute Gasteiger partial charge is 0.361 e. The minimum absolute atomic E-state index is 0.0857. The van der Waals surface area contributed by atoms with Crippen molar-refractivity contribution in [1.82, 2.24) is 26.3 Å². The highest BCUT2D eigenvalue weighted by molar-refractivity contribution is 5.90. The average molecular weight is 540 g/mol. The maximum absolute atomic E-state index is 13.8. The maximum Gasteiger partial charge on any atom is 0.243 e. The molecule has 1 aliphatic heterocycles. The van der Waals surface area contributed by atoms with Crippen LogP contribution < -0.4 is 21.3 Å². The number of fused-ring (bicyclic) bond motifs is 2. The number of hydrogen-bond acceptors (Lipinski definition) is 4. The monoisotopic (exact) mass is 539 g/mol. The molecule has 3 aromatic carbocycles. The molecule has 40 heavy (non-hydrogen) atoms. The topological polar surface area (TPSA) is 115 Å². The summed E-state index contributed by atoms with van der Waals surface area (Å²) in [5, 5.41) is 15.7. The molecule has 208 valence electrons. The zero-order valence-corrected chi connectivity index (χ0v) is 22.8. The summed E-state index contributed by atoms with van der Waals surface area (Å²) in [7, 11) is 0. The van der Waals surface area contributed by atoms with E-state index < -0.39 is 6.04 Å². The molecule has 0 saturated carbocycles. The number of H-pyrrole nitrogens is 1. The Kier molecular flexibility index (Phi) is 8.76. The maximum atomic E-state index is 13.8. The molecule has 1 aliphatic rings. The van der Waals surface area contributed by atoms with Gasteiger partial charge in [-0.25, -0.2) is 0 Å². The van der Waals surface area contributed by atoms with Crippen LogP contribution in [0.5, 0.6) is 0 Å². The third-order valence-electron chi connectivity index (χ3n) is 7.68. The van der Waals surface area contributed by atoms with Gasteiger partial charge in [-0.15, -0.1) is 0 Å². The lowest BCUT2D eigenvalue weighted by Crippen LogP contribution is -2.54. The Balaban J connectivity index is 1.36. The molecule has 1 fully saturated rings. The second-order valence-corrected chi connectivity index (χ2v) is 10.7. The van der Waals surface area contributed by atoms with E-state index in [2.05, 4.69) is 38.4 Å². The van der Waals surface area contributed by atoms with E-state index in [1.54, 1.807) is 0 Å². The van der Waals surface area contributed by atoms with Crippen molar-refractivity contribution in [2.45, 2.75) is 44.7 Å². The number of nitrogens with one attached hydrogen (secondary N) is 5. The van der Waals surface area contributed by atoms with Crippen molar-refractivity contribution in [3.05, 3.63) is 84.1 Å². The number of amides is 3. The van der Waals surface area contributed by atoms with Gasteiger partial charge in [-0.3, -0.25) is 14.4 Å². The smallest absolute Gasteiger partial charge is 0.243 e. The van der Waals surface area contributed by atoms with Crippen molar-refractivity contribution in [3.8, 4) is 0 Å². The van der Waals surface area contributed by atoms with Crippen LogP contribution in [0.2, 0.25) is 0 Å². The Labute approximate surface area is 234 Å². The number of para-hydroxylation sites is 1. The molecule has 0 unspecified atom stereocenters. The van der Waals surface area contributed by atoms with E-state index >= 15 is 0 Å². The molecule has 0 aliphatic carbocycles. The standard InChI is InChI=1S/C32H37N5O3/c1-21(38)34-20-27(18-26-19-35-29-9-5-4-8-28(26)29)36-32(40)30(37-31(39)24-12-14-33-15-13-24)17-22-10-11-23-6-2-3-7-25(23)16-22/h2-11,16,19,24,27,30,33,35H,12-15,17-18,20H2,1H3,(H,34,38)(H,36,40)(H,37,39)/t27-,30-/m1/s1. The quantitative estimate of drug-likeness (QED) is 0.213. The molecule has 8 heteroatoms. The first kappa shape index (κ1) is 27.4. The van der Waals surface area contributed by atoms with E-state index in [0.29, 0.717) is 12.8 Å². The summed E-state index contributed by atoms with van der Waals surface area (Å²) in [5.74, 6) is -0.622. The van der Waals surface area contributed by atoms with Crippen LogP contribution in [0.4, 0.5) is 0 Å². The Morgan fingerprint density at radius 1 is 0.900 bits per heavy atom. The summed E-state index contributed by atoms with van der Waals surface area (Å²) in [6.07, 6.45) is 4.35. The molecule has 0 spiro atoms. The van der Waals surface area contributed by atoms with E-state index in [1.165, 1.54) is 6.92 Å². The summed E-state index contributed by atoms with van der Waals surface area (Å²) >= 11 is 0. The van der Waals surface area contributed by atoms with E-state index in [4.69, 9.17) is 0 Å². The Morgan fingerprint density at radius 3 is 2.45 bits per heavy atom. The van der Waals surface area contributed by atoms with E-state index in [0.717, 1.165) is 58.7 Å². The first-order valence-electron chi connectivity index (χ1n) is 14.0. The third-order valence-corrected chi connectivity index (χ3v) is 7.68. The van der Waals surface area contributed by atoms with Crippen LogP contribution in [0.1, 0.15) is 30.9 Å². The molecule has 3 amide bonds. The summed E-state index contributed by atoms with van der Waals surface area (Å²) in [4.78, 5) is 42.1. The van der Waals surface area contributed by atoms with Gasteiger partial charge in [0.05, 0.1) is 6.04 Å². The highest BCUT2D eigenvalue weighted by Crippen LogP contribution is 2.20. The number of benzene rings is 3. The Hall–Kier alpha value is -4.17. The molecular formula is C32H37N5O3. The molecule has 5 rings (SSSR count). The third kappa shape index (κ3) is 6.87. The van der Waals surface area contributed by atoms with Crippen LogP contribution in [0.3, 0.4) is 0 Å². The van der Waals surface area contributed by atoms with Gasteiger partial charge < -0.3 is 26.3 Å². The normalized spacial score (nSPS) is 15.4. The summed E-state index contributed by atoms with van der Waals surface area (Å²) in [6, 6.07) is 21.1. The summed E-state index contributed by atoms with van der Waals surface area (Å²) in [5.41, 5.74) is 3.04. The van der Waals surface area contributed by atoms with Crippen molar-refractivity contribution >= 4 is 39.4 Å². The van der Waals surface area contributed by atoms with Crippen LogP contribution >= 0.6 is 0 Å². The van der Waals surface area contributed by atoms with Crippen LogP contribution in [-0.4, -0.2) is 54.4 Å².